The van der Waals surface area contributed by atoms with Crippen molar-refractivity contribution in [1.29, 1.82) is 0 Å². The van der Waals surface area contributed by atoms with Crippen LogP contribution in [-0.4, -0.2) is 26.1 Å². The van der Waals surface area contributed by atoms with Gasteiger partial charge in [0.15, 0.2) is 0 Å². The maximum Gasteiger partial charge on any atom is 0.238 e. The second-order valence-electron chi connectivity index (χ2n) is 4.28. The highest BCUT2D eigenvalue weighted by atomic mass is 16.5. The van der Waals surface area contributed by atoms with E-state index in [1.54, 1.807) is 7.05 Å². The predicted octanol–water partition coefficient (Wildman–Crippen LogP) is 1.88. The lowest BCUT2D eigenvalue weighted by Crippen LogP contribution is -2.25. The number of anilines is 1. The van der Waals surface area contributed by atoms with Gasteiger partial charge >= 0.3 is 0 Å². The molecule has 1 amide bonds. The Labute approximate surface area is 102 Å². The van der Waals surface area contributed by atoms with Gasteiger partial charge in [0.25, 0.3) is 0 Å². The zero-order chi connectivity index (χ0) is 12.7. The summed E-state index contributed by atoms with van der Waals surface area (Å²) < 4.78 is 5.64. The molecule has 0 saturated carbocycles. The number of hydrogen-bond acceptors (Lipinski definition) is 3. The van der Waals surface area contributed by atoms with Crippen molar-refractivity contribution in [2.24, 2.45) is 5.92 Å². The minimum Gasteiger partial charge on any atom is -0.491 e. The molecule has 0 aliphatic carbocycles. The first-order valence-electron chi connectivity index (χ1n) is 5.79. The Hall–Kier alpha value is -1.55. The van der Waals surface area contributed by atoms with Gasteiger partial charge in [0.2, 0.25) is 5.91 Å². The molecule has 4 nitrogen and oxygen atoms in total. The minimum absolute atomic E-state index is 0.0758. The van der Waals surface area contributed by atoms with E-state index in [1.807, 2.05) is 24.3 Å². The number of carbonyl (C=O) groups excluding carboxylic acids is 1. The molecule has 0 spiro atoms. The van der Waals surface area contributed by atoms with Gasteiger partial charge in [-0.15, -0.1) is 0 Å². The van der Waals surface area contributed by atoms with E-state index < -0.39 is 0 Å². The molecule has 0 aliphatic rings. The number of benzene rings is 1. The number of hydrogen-bond donors (Lipinski definition) is 2. The van der Waals surface area contributed by atoms with Crippen molar-refractivity contribution in [3.8, 4) is 5.75 Å². The maximum atomic E-state index is 11.5. The maximum absolute atomic E-state index is 11.5. The molecule has 0 bridgehead atoms. The number of amides is 1. The number of carbonyl (C=O) groups is 1. The number of para-hydroxylation sites is 2. The van der Waals surface area contributed by atoms with Gasteiger partial charge < -0.3 is 15.4 Å². The molecule has 17 heavy (non-hydrogen) atoms. The Morgan fingerprint density at radius 1 is 1.35 bits per heavy atom. The summed E-state index contributed by atoms with van der Waals surface area (Å²) in [5.41, 5.74) is 0.716. The first-order chi connectivity index (χ1) is 8.13. The summed E-state index contributed by atoms with van der Waals surface area (Å²) in [6, 6.07) is 7.46. The highest BCUT2D eigenvalue weighted by Crippen LogP contribution is 2.24. The van der Waals surface area contributed by atoms with Crippen molar-refractivity contribution < 1.29 is 9.53 Å². The molecule has 94 valence electrons. The molecule has 0 saturated heterocycles. The molecule has 2 N–H and O–H groups in total. The Morgan fingerprint density at radius 2 is 2.06 bits per heavy atom. The zero-order valence-electron chi connectivity index (χ0n) is 10.6. The van der Waals surface area contributed by atoms with Crippen LogP contribution in [0, 0.1) is 5.92 Å². The molecule has 4 heteroatoms. The van der Waals surface area contributed by atoms with E-state index in [0.717, 1.165) is 0 Å². The van der Waals surface area contributed by atoms with Crippen molar-refractivity contribution in [1.82, 2.24) is 5.32 Å². The third-order valence-electron chi connectivity index (χ3n) is 2.07. The summed E-state index contributed by atoms with van der Waals surface area (Å²) in [7, 11) is 1.74. The van der Waals surface area contributed by atoms with Crippen LogP contribution in [-0.2, 0) is 4.79 Å². The molecule has 0 unspecified atom stereocenters. The van der Waals surface area contributed by atoms with Gasteiger partial charge in [0.05, 0.1) is 18.8 Å². The number of nitrogens with one attached hydrogen (secondary N) is 2. The van der Waals surface area contributed by atoms with Crippen LogP contribution in [0.4, 0.5) is 5.69 Å². The van der Waals surface area contributed by atoms with Gasteiger partial charge in [-0.1, -0.05) is 26.0 Å². The van der Waals surface area contributed by atoms with Crippen molar-refractivity contribution in [3.05, 3.63) is 24.3 Å². The van der Waals surface area contributed by atoms with Crippen LogP contribution < -0.4 is 15.4 Å². The third-order valence-corrected chi connectivity index (χ3v) is 2.07. The SMILES string of the molecule is CNCC(=O)Nc1ccccc1OCC(C)C. The van der Waals surface area contributed by atoms with E-state index in [1.165, 1.54) is 0 Å². The van der Waals surface area contributed by atoms with Crippen molar-refractivity contribution in [2.45, 2.75) is 13.8 Å². The Bertz CT molecular complexity index is 364. The fourth-order valence-electron chi connectivity index (χ4n) is 1.31. The van der Waals surface area contributed by atoms with Gasteiger partial charge in [0.1, 0.15) is 5.75 Å². The lowest BCUT2D eigenvalue weighted by Gasteiger charge is -2.13. The summed E-state index contributed by atoms with van der Waals surface area (Å²) >= 11 is 0. The van der Waals surface area contributed by atoms with Crippen LogP contribution >= 0.6 is 0 Å². The standard InChI is InChI=1S/C13H20N2O2/c1-10(2)9-17-12-7-5-4-6-11(12)15-13(16)8-14-3/h4-7,10,14H,8-9H2,1-3H3,(H,15,16). The topological polar surface area (TPSA) is 50.4 Å². The highest BCUT2D eigenvalue weighted by molar-refractivity contribution is 5.93. The Kier molecular flexibility index (Phi) is 5.49. The van der Waals surface area contributed by atoms with E-state index in [-0.39, 0.29) is 5.91 Å². The minimum atomic E-state index is -0.0758. The molecule has 1 rings (SSSR count). The number of rotatable bonds is 6. The number of ether oxygens (including phenoxy) is 1. The number of likely N-dealkylation sites (N-methyl/N-ethyl adjacent to an activating group) is 1. The summed E-state index contributed by atoms with van der Waals surface area (Å²) in [5.74, 6) is 1.09. The van der Waals surface area contributed by atoms with E-state index in [2.05, 4.69) is 24.5 Å². The summed E-state index contributed by atoms with van der Waals surface area (Å²) in [5, 5.41) is 5.61. The lowest BCUT2D eigenvalue weighted by atomic mass is 10.2. The molecule has 0 aliphatic heterocycles. The smallest absolute Gasteiger partial charge is 0.238 e. The Morgan fingerprint density at radius 3 is 2.71 bits per heavy atom. The van der Waals surface area contributed by atoms with Crippen molar-refractivity contribution in [2.75, 3.05) is 25.5 Å². The first kappa shape index (κ1) is 13.5. The fraction of sp³-hybridized carbons (Fsp3) is 0.462. The van der Waals surface area contributed by atoms with Crippen LogP contribution in [0.25, 0.3) is 0 Å². The molecular weight excluding hydrogens is 216 g/mol. The van der Waals surface area contributed by atoms with Gasteiger partial charge in [-0.3, -0.25) is 4.79 Å². The van der Waals surface area contributed by atoms with Crippen molar-refractivity contribution in [3.63, 3.8) is 0 Å². The molecule has 0 aromatic heterocycles. The van der Waals surface area contributed by atoms with Crippen LogP contribution in [0.15, 0.2) is 24.3 Å². The molecule has 0 atom stereocenters. The molecule has 1 aromatic rings. The van der Waals surface area contributed by atoms with Gasteiger partial charge in [0, 0.05) is 0 Å². The molecule has 0 radical (unpaired) electrons. The van der Waals surface area contributed by atoms with Gasteiger partial charge in [-0.25, -0.2) is 0 Å². The zero-order valence-corrected chi connectivity index (χ0v) is 10.6. The largest absolute Gasteiger partial charge is 0.491 e. The van der Waals surface area contributed by atoms with Crippen molar-refractivity contribution >= 4 is 11.6 Å². The van der Waals surface area contributed by atoms with E-state index >= 15 is 0 Å². The second kappa shape index (κ2) is 6.91. The monoisotopic (exact) mass is 236 g/mol. The Balaban J connectivity index is 2.67. The van der Waals surface area contributed by atoms with Crippen LogP contribution in [0.5, 0.6) is 5.75 Å². The van der Waals surface area contributed by atoms with Crippen LogP contribution in [0.1, 0.15) is 13.8 Å². The van der Waals surface area contributed by atoms with E-state index in [9.17, 15) is 4.79 Å². The lowest BCUT2D eigenvalue weighted by molar-refractivity contribution is -0.115. The van der Waals surface area contributed by atoms with Crippen LogP contribution in [0.2, 0.25) is 0 Å². The third kappa shape index (κ3) is 4.87. The predicted molar refractivity (Wildman–Crippen MR) is 69.3 cm³/mol. The average Bonchev–Trinajstić information content (AvgIpc) is 2.28. The summed E-state index contributed by atoms with van der Waals surface area (Å²) in [6.07, 6.45) is 0. The summed E-state index contributed by atoms with van der Waals surface area (Å²) in [6.45, 7) is 5.10. The molecule has 0 heterocycles. The highest BCUT2D eigenvalue weighted by Gasteiger charge is 2.07. The van der Waals surface area contributed by atoms with E-state index in [0.29, 0.717) is 30.5 Å². The van der Waals surface area contributed by atoms with Crippen LogP contribution in [0.3, 0.4) is 0 Å². The fourth-order valence-corrected chi connectivity index (χ4v) is 1.31. The summed E-state index contributed by atoms with van der Waals surface area (Å²) in [4.78, 5) is 11.5. The normalized spacial score (nSPS) is 10.4. The van der Waals surface area contributed by atoms with Gasteiger partial charge in [-0.2, -0.15) is 0 Å². The van der Waals surface area contributed by atoms with Gasteiger partial charge in [-0.05, 0) is 25.1 Å². The average molecular weight is 236 g/mol. The molecule has 0 fully saturated rings. The first-order valence-corrected chi connectivity index (χ1v) is 5.79. The molecular formula is C13H20N2O2. The molecule has 1 aromatic carbocycles. The van der Waals surface area contributed by atoms with E-state index in [4.69, 9.17) is 4.74 Å². The second-order valence-corrected chi connectivity index (χ2v) is 4.28. The quantitative estimate of drug-likeness (QED) is 0.793.